The average molecular weight is 324 g/mol. The molecule has 2 aromatic rings. The lowest BCUT2D eigenvalue weighted by atomic mass is 10.3. The molecule has 0 bridgehead atoms. The maximum atomic E-state index is 12.4. The highest BCUT2D eigenvalue weighted by Crippen LogP contribution is 2.18. The number of thiophene rings is 2. The number of urea groups is 1. The fourth-order valence-electron chi connectivity index (χ4n) is 1.88. The van der Waals surface area contributed by atoms with Gasteiger partial charge in [0.05, 0.1) is 13.1 Å². The molecule has 5 nitrogen and oxygen atoms in total. The van der Waals surface area contributed by atoms with Crippen LogP contribution in [0.4, 0.5) is 4.79 Å². The lowest BCUT2D eigenvalue weighted by molar-refractivity contribution is -0.137. The number of carboxylic acid groups (broad SMARTS) is 1. The highest BCUT2D eigenvalue weighted by molar-refractivity contribution is 7.10. The van der Waals surface area contributed by atoms with Crippen LogP contribution < -0.4 is 0 Å². The van der Waals surface area contributed by atoms with Gasteiger partial charge < -0.3 is 14.9 Å². The van der Waals surface area contributed by atoms with Crippen molar-refractivity contribution in [3.05, 3.63) is 44.8 Å². The Labute approximate surface area is 131 Å². The van der Waals surface area contributed by atoms with Crippen LogP contribution in [0.5, 0.6) is 0 Å². The van der Waals surface area contributed by atoms with Crippen molar-refractivity contribution >= 4 is 34.7 Å². The van der Waals surface area contributed by atoms with Gasteiger partial charge in [-0.05, 0) is 22.9 Å². The second-order valence-electron chi connectivity index (χ2n) is 4.55. The molecule has 2 aromatic heterocycles. The van der Waals surface area contributed by atoms with Gasteiger partial charge in [-0.2, -0.15) is 0 Å². The highest BCUT2D eigenvalue weighted by Gasteiger charge is 2.21. The van der Waals surface area contributed by atoms with Crippen LogP contribution in [0.25, 0.3) is 0 Å². The fraction of sp³-hybridized carbons (Fsp3) is 0.286. The molecule has 0 spiro atoms. The number of carboxylic acids is 1. The van der Waals surface area contributed by atoms with Crippen molar-refractivity contribution in [3.8, 4) is 0 Å². The highest BCUT2D eigenvalue weighted by atomic mass is 32.1. The molecule has 0 aliphatic carbocycles. The van der Waals surface area contributed by atoms with E-state index in [1.54, 1.807) is 27.6 Å². The minimum atomic E-state index is -1.02. The van der Waals surface area contributed by atoms with E-state index in [4.69, 9.17) is 5.11 Å². The fourth-order valence-corrected chi connectivity index (χ4v) is 3.32. The summed E-state index contributed by atoms with van der Waals surface area (Å²) in [4.78, 5) is 28.2. The van der Waals surface area contributed by atoms with E-state index in [9.17, 15) is 9.59 Å². The number of carbonyl (C=O) groups excluding carboxylic acids is 1. The van der Waals surface area contributed by atoms with Crippen molar-refractivity contribution in [2.75, 3.05) is 13.6 Å². The summed E-state index contributed by atoms with van der Waals surface area (Å²) in [6, 6.07) is 7.54. The van der Waals surface area contributed by atoms with Gasteiger partial charge in [-0.1, -0.05) is 12.1 Å². The van der Waals surface area contributed by atoms with E-state index < -0.39 is 5.97 Å². The molecule has 1 N–H and O–H groups in total. The monoisotopic (exact) mass is 324 g/mol. The molecule has 0 saturated heterocycles. The van der Waals surface area contributed by atoms with Gasteiger partial charge in [0.25, 0.3) is 0 Å². The Hall–Kier alpha value is -1.86. The molecule has 2 rings (SSSR count). The first kappa shape index (κ1) is 15.5. The summed E-state index contributed by atoms with van der Waals surface area (Å²) in [5.74, 6) is -1.02. The molecule has 0 saturated carbocycles. The van der Waals surface area contributed by atoms with Crippen molar-refractivity contribution in [1.82, 2.24) is 9.80 Å². The molecule has 7 heteroatoms. The predicted octanol–water partition coefficient (Wildman–Crippen LogP) is 2.95. The Balaban J connectivity index is 2.10. The number of rotatable bonds is 6. The summed E-state index contributed by atoms with van der Waals surface area (Å²) in [5.41, 5.74) is 0. The summed E-state index contributed by atoms with van der Waals surface area (Å²) >= 11 is 3.16. The number of aliphatic carboxylic acids is 1. The van der Waals surface area contributed by atoms with E-state index in [2.05, 4.69) is 0 Å². The summed E-state index contributed by atoms with van der Waals surface area (Å²) < 4.78 is 0. The van der Waals surface area contributed by atoms with Crippen LogP contribution in [0.2, 0.25) is 0 Å². The Morgan fingerprint density at radius 3 is 2.00 bits per heavy atom. The topological polar surface area (TPSA) is 60.9 Å². The summed E-state index contributed by atoms with van der Waals surface area (Å²) in [6.07, 6.45) is 0. The number of likely N-dealkylation sites (N-methyl/N-ethyl adjacent to an activating group) is 1. The Morgan fingerprint density at radius 2 is 1.62 bits per heavy atom. The van der Waals surface area contributed by atoms with Crippen molar-refractivity contribution in [3.63, 3.8) is 0 Å². The molecule has 21 heavy (non-hydrogen) atoms. The minimum Gasteiger partial charge on any atom is -0.480 e. The SMILES string of the molecule is CN(CC(=O)O)C(=O)N(Cc1cccs1)Cc1cccs1. The maximum absolute atomic E-state index is 12.4. The Kier molecular flexibility index (Phi) is 5.35. The molecule has 2 heterocycles. The van der Waals surface area contributed by atoms with Crippen molar-refractivity contribution in [1.29, 1.82) is 0 Å². The lowest BCUT2D eigenvalue weighted by Gasteiger charge is -2.26. The van der Waals surface area contributed by atoms with Gasteiger partial charge in [0, 0.05) is 16.8 Å². The van der Waals surface area contributed by atoms with Crippen LogP contribution in [0.15, 0.2) is 35.0 Å². The van der Waals surface area contributed by atoms with Crippen molar-refractivity contribution < 1.29 is 14.7 Å². The summed E-state index contributed by atoms with van der Waals surface area (Å²) in [7, 11) is 1.51. The largest absolute Gasteiger partial charge is 0.480 e. The minimum absolute atomic E-state index is 0.279. The number of hydrogen-bond donors (Lipinski definition) is 1. The summed E-state index contributed by atoms with van der Waals surface area (Å²) in [5, 5.41) is 12.7. The first-order valence-corrected chi connectivity index (χ1v) is 8.09. The predicted molar refractivity (Wildman–Crippen MR) is 83.5 cm³/mol. The molecule has 0 unspecified atom stereocenters. The van der Waals surface area contributed by atoms with Gasteiger partial charge in [0.15, 0.2) is 0 Å². The molecular formula is C14H16N2O3S2. The Morgan fingerprint density at radius 1 is 1.10 bits per heavy atom. The molecule has 0 radical (unpaired) electrons. The normalized spacial score (nSPS) is 10.3. The van der Waals surface area contributed by atoms with E-state index in [-0.39, 0.29) is 12.6 Å². The van der Waals surface area contributed by atoms with Crippen LogP contribution in [0, 0.1) is 0 Å². The standard InChI is InChI=1S/C14H16N2O3S2/c1-15(10-13(17)18)14(19)16(8-11-4-2-6-20-11)9-12-5-3-7-21-12/h2-7H,8-10H2,1H3,(H,17,18). The average Bonchev–Trinajstić information content (AvgIpc) is 3.09. The molecule has 0 aliphatic rings. The Bertz CT molecular complexity index is 545. The number of carbonyl (C=O) groups is 2. The van der Waals surface area contributed by atoms with Gasteiger partial charge in [-0.15, -0.1) is 22.7 Å². The van der Waals surface area contributed by atoms with Crippen LogP contribution in [-0.2, 0) is 17.9 Å². The van der Waals surface area contributed by atoms with Crippen LogP contribution in [0.3, 0.4) is 0 Å². The van der Waals surface area contributed by atoms with Crippen LogP contribution in [0.1, 0.15) is 9.75 Å². The second kappa shape index (κ2) is 7.24. The molecule has 0 aromatic carbocycles. The lowest BCUT2D eigenvalue weighted by Crippen LogP contribution is -2.42. The number of nitrogens with zero attached hydrogens (tertiary/aromatic N) is 2. The number of amides is 2. The van der Waals surface area contributed by atoms with Crippen LogP contribution >= 0.6 is 22.7 Å². The van der Waals surface area contributed by atoms with Crippen molar-refractivity contribution in [2.45, 2.75) is 13.1 Å². The van der Waals surface area contributed by atoms with Gasteiger partial charge in [0.1, 0.15) is 6.54 Å². The third-order valence-corrected chi connectivity index (χ3v) is 4.55. The molecule has 0 fully saturated rings. The quantitative estimate of drug-likeness (QED) is 0.888. The summed E-state index contributed by atoms with van der Waals surface area (Å²) in [6.45, 7) is 0.668. The number of hydrogen-bond acceptors (Lipinski definition) is 4. The van der Waals surface area contributed by atoms with Gasteiger partial charge in [-0.3, -0.25) is 4.79 Å². The van der Waals surface area contributed by atoms with Gasteiger partial charge in [-0.25, -0.2) is 4.79 Å². The first-order chi connectivity index (χ1) is 10.1. The van der Waals surface area contributed by atoms with Crippen molar-refractivity contribution in [2.24, 2.45) is 0 Å². The molecule has 2 amide bonds. The van der Waals surface area contributed by atoms with Gasteiger partial charge in [0.2, 0.25) is 0 Å². The third kappa shape index (κ3) is 4.57. The second-order valence-corrected chi connectivity index (χ2v) is 6.61. The van der Waals surface area contributed by atoms with E-state index in [0.717, 1.165) is 9.75 Å². The van der Waals surface area contributed by atoms with Gasteiger partial charge >= 0.3 is 12.0 Å². The molecule has 112 valence electrons. The van der Waals surface area contributed by atoms with E-state index in [1.165, 1.54) is 11.9 Å². The van der Waals surface area contributed by atoms with E-state index in [1.807, 2.05) is 35.0 Å². The smallest absolute Gasteiger partial charge is 0.323 e. The zero-order valence-corrected chi connectivity index (χ0v) is 13.2. The molecular weight excluding hydrogens is 308 g/mol. The van der Waals surface area contributed by atoms with E-state index in [0.29, 0.717) is 13.1 Å². The molecule has 0 aliphatic heterocycles. The van der Waals surface area contributed by atoms with E-state index >= 15 is 0 Å². The van der Waals surface area contributed by atoms with Crippen LogP contribution in [-0.4, -0.2) is 40.5 Å². The zero-order valence-electron chi connectivity index (χ0n) is 11.6. The zero-order chi connectivity index (χ0) is 15.2. The maximum Gasteiger partial charge on any atom is 0.323 e. The molecule has 0 atom stereocenters. The third-order valence-electron chi connectivity index (χ3n) is 2.82. The first-order valence-electron chi connectivity index (χ1n) is 6.33.